The van der Waals surface area contributed by atoms with E-state index in [1.807, 2.05) is 84.9 Å². The van der Waals surface area contributed by atoms with E-state index in [9.17, 15) is 27.9 Å². The van der Waals surface area contributed by atoms with E-state index in [1.54, 1.807) is 17.0 Å². The van der Waals surface area contributed by atoms with Crippen LogP contribution in [0.25, 0.3) is 10.8 Å². The fourth-order valence-electron chi connectivity index (χ4n) is 6.33. The van der Waals surface area contributed by atoms with E-state index in [-0.39, 0.29) is 30.2 Å². The van der Waals surface area contributed by atoms with Crippen molar-refractivity contribution in [1.29, 1.82) is 0 Å². The Morgan fingerprint density at radius 2 is 1.41 bits per heavy atom. The monoisotopic (exact) mass is 611 g/mol. The molecule has 3 atom stereocenters. The maximum absolute atomic E-state index is 14.5. The summed E-state index contributed by atoms with van der Waals surface area (Å²) in [5.74, 6) is -1.93. The first-order chi connectivity index (χ1) is 21.2. The number of fused-ring (bicyclic) bond motifs is 2. The van der Waals surface area contributed by atoms with Crippen LogP contribution in [0.2, 0.25) is 0 Å². The van der Waals surface area contributed by atoms with Crippen LogP contribution in [-0.4, -0.2) is 76.8 Å². The molecule has 1 N–H and O–H groups in total. The van der Waals surface area contributed by atoms with Crippen LogP contribution in [0.15, 0.2) is 108 Å². The Balaban J connectivity index is 1.42. The summed E-state index contributed by atoms with van der Waals surface area (Å²) in [6, 6.07) is 29.0. The van der Waals surface area contributed by atoms with Crippen molar-refractivity contribution in [3.8, 4) is 0 Å². The molecule has 2 fully saturated rings. The van der Waals surface area contributed by atoms with Crippen LogP contribution >= 0.6 is 0 Å². The third-order valence-corrected chi connectivity index (χ3v) is 10.4. The van der Waals surface area contributed by atoms with Gasteiger partial charge in [0.2, 0.25) is 21.8 Å². The molecule has 0 aliphatic carbocycles. The number of rotatable bonds is 10. The fraction of sp³-hybridized carbons (Fsp3) is 0.265. The number of nitrogens with zero attached hydrogens (tertiary/aromatic N) is 3. The lowest BCUT2D eigenvalue weighted by Crippen LogP contribution is -2.64. The van der Waals surface area contributed by atoms with Crippen molar-refractivity contribution in [3.63, 3.8) is 0 Å². The minimum absolute atomic E-state index is 0.0125. The summed E-state index contributed by atoms with van der Waals surface area (Å²) in [6.45, 7) is 0.329. The van der Waals surface area contributed by atoms with Crippen molar-refractivity contribution >= 4 is 38.6 Å². The Morgan fingerprint density at radius 1 is 0.773 bits per heavy atom. The molecule has 226 valence electrons. The zero-order valence-electron chi connectivity index (χ0n) is 24.0. The highest BCUT2D eigenvalue weighted by atomic mass is 32.2. The Hall–Kier alpha value is -4.54. The maximum Gasteiger partial charge on any atom is 0.303 e. The van der Waals surface area contributed by atoms with Crippen LogP contribution < -0.4 is 0 Å². The lowest BCUT2D eigenvalue weighted by atomic mass is 9.99. The Bertz CT molecular complexity index is 1800. The Morgan fingerprint density at radius 3 is 2.09 bits per heavy atom. The number of hydrogen-bond acceptors (Lipinski definition) is 5. The van der Waals surface area contributed by atoms with Crippen LogP contribution in [0.1, 0.15) is 24.0 Å². The predicted molar refractivity (Wildman–Crippen MR) is 165 cm³/mol. The van der Waals surface area contributed by atoms with E-state index in [1.165, 1.54) is 15.3 Å². The molecule has 0 unspecified atom stereocenters. The largest absolute Gasteiger partial charge is 0.481 e. The summed E-state index contributed by atoms with van der Waals surface area (Å²) in [7, 11) is -4.29. The quantitative estimate of drug-likeness (QED) is 0.291. The fourth-order valence-corrected chi connectivity index (χ4v) is 8.10. The van der Waals surface area contributed by atoms with Crippen molar-refractivity contribution < 1.29 is 27.9 Å². The minimum Gasteiger partial charge on any atom is -0.481 e. The van der Waals surface area contributed by atoms with Gasteiger partial charge < -0.3 is 14.9 Å². The zero-order chi connectivity index (χ0) is 30.8. The first-order valence-electron chi connectivity index (χ1n) is 14.7. The third-order valence-electron chi connectivity index (χ3n) is 8.49. The number of benzene rings is 4. The van der Waals surface area contributed by atoms with Crippen molar-refractivity contribution in [1.82, 2.24) is 14.1 Å². The van der Waals surface area contributed by atoms with Gasteiger partial charge in [0, 0.05) is 19.4 Å². The lowest BCUT2D eigenvalue weighted by molar-refractivity contribution is -0.152. The molecule has 4 aromatic rings. The van der Waals surface area contributed by atoms with Gasteiger partial charge in [0.15, 0.2) is 0 Å². The van der Waals surface area contributed by atoms with Gasteiger partial charge in [0.25, 0.3) is 0 Å². The second-order valence-electron chi connectivity index (χ2n) is 11.2. The van der Waals surface area contributed by atoms with Crippen LogP contribution in [-0.2, 0) is 37.2 Å². The van der Waals surface area contributed by atoms with Crippen LogP contribution in [0.5, 0.6) is 0 Å². The normalized spacial score (nSPS) is 20.7. The first-order valence-corrected chi connectivity index (χ1v) is 16.1. The molecule has 2 heterocycles. The van der Waals surface area contributed by atoms with Gasteiger partial charge in [-0.3, -0.25) is 14.4 Å². The number of sulfonamides is 1. The highest BCUT2D eigenvalue weighted by Gasteiger charge is 2.58. The number of piperazine rings is 1. The SMILES string of the molecule is O=C(O)CC[C@H]1C(=O)N2[C@@H](Cc3ccccc3)C(=O)N(CCc3ccccc3)C[C@@H]2N1S(=O)(=O)c1ccc2ccccc2c1. The van der Waals surface area contributed by atoms with E-state index < -0.39 is 46.6 Å². The predicted octanol–water partition coefficient (Wildman–Crippen LogP) is 3.93. The molecule has 9 nitrogen and oxygen atoms in total. The maximum atomic E-state index is 14.5. The van der Waals surface area contributed by atoms with E-state index in [0.717, 1.165) is 21.9 Å². The molecule has 2 saturated heterocycles. The van der Waals surface area contributed by atoms with Gasteiger partial charge in [0.1, 0.15) is 18.2 Å². The summed E-state index contributed by atoms with van der Waals surface area (Å²) in [6.07, 6.45) is -0.815. The molecule has 4 aromatic carbocycles. The van der Waals surface area contributed by atoms with Gasteiger partial charge >= 0.3 is 5.97 Å². The molecule has 0 spiro atoms. The number of hydrogen-bond donors (Lipinski definition) is 1. The second kappa shape index (κ2) is 12.2. The summed E-state index contributed by atoms with van der Waals surface area (Å²) < 4.78 is 30.1. The van der Waals surface area contributed by atoms with Crippen molar-refractivity contribution in [2.45, 2.75) is 48.8 Å². The summed E-state index contributed by atoms with van der Waals surface area (Å²) in [5.41, 5.74) is 1.87. The molecule has 2 aliphatic heterocycles. The topological polar surface area (TPSA) is 115 Å². The molecular weight excluding hydrogens is 578 g/mol. The Labute approximate surface area is 256 Å². The van der Waals surface area contributed by atoms with Gasteiger partial charge in [-0.2, -0.15) is 4.31 Å². The average molecular weight is 612 g/mol. The molecular formula is C34H33N3O6S. The highest BCUT2D eigenvalue weighted by Crippen LogP contribution is 2.37. The van der Waals surface area contributed by atoms with E-state index in [2.05, 4.69) is 0 Å². The van der Waals surface area contributed by atoms with Crippen LogP contribution in [0.3, 0.4) is 0 Å². The van der Waals surface area contributed by atoms with Crippen LogP contribution in [0.4, 0.5) is 0 Å². The number of carbonyl (C=O) groups excluding carboxylic acids is 2. The number of carboxylic acid groups (broad SMARTS) is 1. The van der Waals surface area contributed by atoms with E-state index in [4.69, 9.17) is 0 Å². The molecule has 6 rings (SSSR count). The lowest BCUT2D eigenvalue weighted by Gasteiger charge is -2.44. The van der Waals surface area contributed by atoms with Gasteiger partial charge in [-0.15, -0.1) is 0 Å². The molecule has 0 saturated carbocycles. The summed E-state index contributed by atoms with van der Waals surface area (Å²) >= 11 is 0. The molecule has 2 amide bonds. The van der Waals surface area contributed by atoms with Gasteiger partial charge in [-0.05, 0) is 46.9 Å². The zero-order valence-corrected chi connectivity index (χ0v) is 24.8. The van der Waals surface area contributed by atoms with Crippen molar-refractivity contribution in [2.24, 2.45) is 0 Å². The minimum atomic E-state index is -4.29. The molecule has 0 aromatic heterocycles. The molecule has 10 heteroatoms. The highest BCUT2D eigenvalue weighted by molar-refractivity contribution is 7.89. The molecule has 0 bridgehead atoms. The van der Waals surface area contributed by atoms with Gasteiger partial charge in [-0.1, -0.05) is 91.0 Å². The standard InChI is InChI=1S/C34H33N3O6S/c38-32(39)18-17-29-34(41)36-30(21-25-11-5-2-6-12-25)33(40)35(20-19-24-9-3-1-4-10-24)23-31(36)37(29)44(42,43)28-16-15-26-13-7-8-14-27(26)22-28/h1-16,22,29-31H,17-21,23H2,(H,38,39)/t29-,30-,31-/m0/s1. The Kier molecular flexibility index (Phi) is 8.20. The molecule has 0 radical (unpaired) electrons. The number of amides is 2. The summed E-state index contributed by atoms with van der Waals surface area (Å²) in [4.78, 5) is 42.9. The van der Waals surface area contributed by atoms with Gasteiger partial charge in [-0.25, -0.2) is 8.42 Å². The third kappa shape index (κ3) is 5.70. The van der Waals surface area contributed by atoms with Crippen molar-refractivity contribution in [3.05, 3.63) is 114 Å². The molecule has 2 aliphatic rings. The molecule has 44 heavy (non-hydrogen) atoms. The second-order valence-corrected chi connectivity index (χ2v) is 13.1. The van der Waals surface area contributed by atoms with Crippen LogP contribution in [0, 0.1) is 0 Å². The summed E-state index contributed by atoms with van der Waals surface area (Å²) in [5, 5.41) is 11.1. The van der Waals surface area contributed by atoms with E-state index >= 15 is 0 Å². The number of carbonyl (C=O) groups is 3. The van der Waals surface area contributed by atoms with E-state index in [0.29, 0.717) is 13.0 Å². The first kappa shape index (κ1) is 29.5. The average Bonchev–Trinajstić information content (AvgIpc) is 3.32. The van der Waals surface area contributed by atoms with Crippen molar-refractivity contribution in [2.75, 3.05) is 13.1 Å². The number of aliphatic carboxylic acids is 1. The number of carboxylic acids is 1. The smallest absolute Gasteiger partial charge is 0.303 e. The van der Waals surface area contributed by atoms with Gasteiger partial charge in [0.05, 0.1) is 11.4 Å².